The summed E-state index contributed by atoms with van der Waals surface area (Å²) in [6.45, 7) is 4.57. The van der Waals surface area contributed by atoms with Crippen LogP contribution in [0.15, 0.2) is 47.6 Å². The normalized spacial score (nSPS) is 14.0. The molecule has 9 heteroatoms. The molecule has 29 heavy (non-hydrogen) atoms. The number of benzene rings is 2. The molecule has 0 unspecified atom stereocenters. The second kappa shape index (κ2) is 9.65. The number of hydrogen-bond acceptors (Lipinski definition) is 7. The highest BCUT2D eigenvalue weighted by molar-refractivity contribution is 5.90. The van der Waals surface area contributed by atoms with Crippen LogP contribution in [0.4, 0.5) is 17.1 Å². The van der Waals surface area contributed by atoms with Crippen molar-refractivity contribution in [1.82, 2.24) is 5.43 Å². The first-order valence-corrected chi connectivity index (χ1v) is 9.27. The van der Waals surface area contributed by atoms with Crippen molar-refractivity contribution >= 4 is 29.2 Å². The molecule has 1 saturated heterocycles. The van der Waals surface area contributed by atoms with Crippen molar-refractivity contribution in [2.75, 3.05) is 43.1 Å². The van der Waals surface area contributed by atoms with Gasteiger partial charge in [-0.15, -0.1) is 0 Å². The maximum absolute atomic E-state index is 12.1. The van der Waals surface area contributed by atoms with Gasteiger partial charge in [-0.2, -0.15) is 5.10 Å². The maximum Gasteiger partial charge on any atom is 0.270 e. The van der Waals surface area contributed by atoms with E-state index in [0.29, 0.717) is 31.9 Å². The number of para-hydroxylation sites is 1. The molecule has 1 aliphatic rings. The number of morpholine rings is 1. The van der Waals surface area contributed by atoms with E-state index in [1.165, 1.54) is 18.3 Å². The maximum atomic E-state index is 12.1. The Balaban J connectivity index is 1.66. The van der Waals surface area contributed by atoms with E-state index >= 15 is 0 Å². The molecule has 0 atom stereocenters. The van der Waals surface area contributed by atoms with Crippen molar-refractivity contribution in [3.05, 3.63) is 63.7 Å². The van der Waals surface area contributed by atoms with Gasteiger partial charge in [0.05, 0.1) is 30.9 Å². The van der Waals surface area contributed by atoms with Gasteiger partial charge in [0.25, 0.3) is 11.6 Å². The minimum atomic E-state index is -0.453. The Kier molecular flexibility index (Phi) is 6.75. The molecule has 3 rings (SSSR count). The van der Waals surface area contributed by atoms with Crippen LogP contribution in [0.1, 0.15) is 11.1 Å². The van der Waals surface area contributed by atoms with Crippen LogP contribution in [0.3, 0.4) is 0 Å². The summed E-state index contributed by atoms with van der Waals surface area (Å²) >= 11 is 0. The number of non-ortho nitro benzene ring substituents is 1. The molecule has 0 spiro atoms. The van der Waals surface area contributed by atoms with E-state index in [2.05, 4.69) is 20.7 Å². The Morgan fingerprint density at radius 1 is 1.28 bits per heavy atom. The molecule has 0 aliphatic carbocycles. The van der Waals surface area contributed by atoms with Crippen molar-refractivity contribution in [3.63, 3.8) is 0 Å². The molecule has 0 saturated carbocycles. The SMILES string of the molecule is Cc1ccccc1NCC(=O)N/N=C/c1cc([N+](=O)[O-])ccc1N1CCOCC1. The molecule has 0 radical (unpaired) electrons. The monoisotopic (exact) mass is 397 g/mol. The second-order valence-corrected chi connectivity index (χ2v) is 6.56. The lowest BCUT2D eigenvalue weighted by molar-refractivity contribution is -0.384. The molecular formula is C20H23N5O4. The number of rotatable bonds is 7. The summed E-state index contributed by atoms with van der Waals surface area (Å²) < 4.78 is 5.36. The van der Waals surface area contributed by atoms with E-state index in [-0.39, 0.29) is 18.1 Å². The Morgan fingerprint density at radius 2 is 2.03 bits per heavy atom. The fourth-order valence-electron chi connectivity index (χ4n) is 3.01. The van der Waals surface area contributed by atoms with E-state index in [1.54, 1.807) is 6.07 Å². The summed E-state index contributed by atoms with van der Waals surface area (Å²) in [5.74, 6) is -0.317. The summed E-state index contributed by atoms with van der Waals surface area (Å²) in [4.78, 5) is 24.8. The summed E-state index contributed by atoms with van der Waals surface area (Å²) in [5, 5.41) is 18.2. The van der Waals surface area contributed by atoms with Gasteiger partial charge in [0, 0.05) is 42.2 Å². The Hall–Kier alpha value is -3.46. The van der Waals surface area contributed by atoms with Crippen LogP contribution in [0, 0.1) is 17.0 Å². The number of hydrazone groups is 1. The lowest BCUT2D eigenvalue weighted by atomic mass is 10.1. The zero-order chi connectivity index (χ0) is 20.6. The van der Waals surface area contributed by atoms with E-state index < -0.39 is 4.92 Å². The van der Waals surface area contributed by atoms with Gasteiger partial charge >= 0.3 is 0 Å². The molecule has 1 aliphatic heterocycles. The van der Waals surface area contributed by atoms with Gasteiger partial charge in [-0.1, -0.05) is 18.2 Å². The van der Waals surface area contributed by atoms with Crippen molar-refractivity contribution in [2.45, 2.75) is 6.92 Å². The molecule has 2 aromatic carbocycles. The quantitative estimate of drug-likeness (QED) is 0.422. The van der Waals surface area contributed by atoms with E-state index in [4.69, 9.17) is 4.74 Å². The molecule has 0 bridgehead atoms. The first-order valence-electron chi connectivity index (χ1n) is 9.27. The van der Waals surface area contributed by atoms with Crippen LogP contribution in [0.2, 0.25) is 0 Å². The van der Waals surface area contributed by atoms with Gasteiger partial charge < -0.3 is 15.0 Å². The van der Waals surface area contributed by atoms with Crippen LogP contribution < -0.4 is 15.6 Å². The minimum absolute atomic E-state index is 0.0315. The molecule has 2 N–H and O–H groups in total. The minimum Gasteiger partial charge on any atom is -0.378 e. The number of hydrogen-bond donors (Lipinski definition) is 2. The van der Waals surface area contributed by atoms with Crippen molar-refractivity contribution < 1.29 is 14.5 Å². The third-order valence-electron chi connectivity index (χ3n) is 4.55. The number of amides is 1. The standard InChI is InChI=1S/C20H23N5O4/c1-15-4-2-3-5-18(15)21-14-20(26)23-22-13-16-12-17(25(27)28)6-7-19(16)24-8-10-29-11-9-24/h2-7,12-13,21H,8-11,14H2,1H3,(H,23,26)/b22-13+. The molecule has 1 fully saturated rings. The zero-order valence-electron chi connectivity index (χ0n) is 16.1. The van der Waals surface area contributed by atoms with Crippen LogP contribution in [-0.4, -0.2) is 49.9 Å². The van der Waals surface area contributed by atoms with Crippen molar-refractivity contribution in [2.24, 2.45) is 5.10 Å². The summed E-state index contributed by atoms with van der Waals surface area (Å²) in [5.41, 5.74) is 5.71. The predicted octanol–water partition coefficient (Wildman–Crippen LogP) is 2.30. The molecule has 152 valence electrons. The fraction of sp³-hybridized carbons (Fsp3) is 0.300. The van der Waals surface area contributed by atoms with Crippen molar-refractivity contribution in [1.29, 1.82) is 0 Å². The molecule has 1 heterocycles. The third kappa shape index (κ3) is 5.52. The number of carbonyl (C=O) groups is 1. The van der Waals surface area contributed by atoms with Gasteiger partial charge in [0.1, 0.15) is 0 Å². The number of carbonyl (C=O) groups excluding carboxylic acids is 1. The van der Waals surface area contributed by atoms with E-state index in [0.717, 1.165) is 16.9 Å². The molecule has 0 aromatic heterocycles. The largest absolute Gasteiger partial charge is 0.378 e. The topological polar surface area (TPSA) is 109 Å². The molecule has 9 nitrogen and oxygen atoms in total. The fourth-order valence-corrected chi connectivity index (χ4v) is 3.01. The average Bonchev–Trinajstić information content (AvgIpc) is 2.73. The Labute approximate surface area is 168 Å². The van der Waals surface area contributed by atoms with Gasteiger partial charge in [-0.05, 0) is 24.6 Å². The van der Waals surface area contributed by atoms with Crippen molar-refractivity contribution in [3.8, 4) is 0 Å². The Bertz CT molecular complexity index is 909. The molecule has 1 amide bonds. The number of nitrogens with one attached hydrogen (secondary N) is 2. The molecular weight excluding hydrogens is 374 g/mol. The predicted molar refractivity (Wildman–Crippen MR) is 112 cm³/mol. The van der Waals surface area contributed by atoms with Gasteiger partial charge in [-0.25, -0.2) is 5.43 Å². The van der Waals surface area contributed by atoms with Gasteiger partial charge in [-0.3, -0.25) is 14.9 Å². The number of nitrogens with zero attached hydrogens (tertiary/aromatic N) is 3. The van der Waals surface area contributed by atoms with Gasteiger partial charge in [0.2, 0.25) is 0 Å². The number of nitro groups is 1. The number of nitro benzene ring substituents is 1. The van der Waals surface area contributed by atoms with Crippen LogP contribution in [0.5, 0.6) is 0 Å². The highest BCUT2D eigenvalue weighted by atomic mass is 16.6. The zero-order valence-corrected chi connectivity index (χ0v) is 16.1. The van der Waals surface area contributed by atoms with Crippen LogP contribution >= 0.6 is 0 Å². The number of aryl methyl sites for hydroxylation is 1. The summed E-state index contributed by atoms with van der Waals surface area (Å²) in [7, 11) is 0. The highest BCUT2D eigenvalue weighted by Gasteiger charge is 2.17. The van der Waals surface area contributed by atoms with E-state index in [1.807, 2.05) is 31.2 Å². The summed E-state index contributed by atoms with van der Waals surface area (Å²) in [6, 6.07) is 12.3. The number of ether oxygens (including phenoxy) is 1. The lowest BCUT2D eigenvalue weighted by Crippen LogP contribution is -2.36. The Morgan fingerprint density at radius 3 is 2.76 bits per heavy atom. The summed E-state index contributed by atoms with van der Waals surface area (Å²) in [6.07, 6.45) is 1.43. The average molecular weight is 397 g/mol. The lowest BCUT2D eigenvalue weighted by Gasteiger charge is -2.29. The number of anilines is 2. The van der Waals surface area contributed by atoms with E-state index in [9.17, 15) is 14.9 Å². The van der Waals surface area contributed by atoms with Crippen LogP contribution in [0.25, 0.3) is 0 Å². The smallest absolute Gasteiger partial charge is 0.270 e. The van der Waals surface area contributed by atoms with Crippen LogP contribution in [-0.2, 0) is 9.53 Å². The first-order chi connectivity index (χ1) is 14.0. The molecule has 2 aromatic rings. The van der Waals surface area contributed by atoms with Gasteiger partial charge in [0.15, 0.2) is 0 Å². The first kappa shape index (κ1) is 20.3. The second-order valence-electron chi connectivity index (χ2n) is 6.56. The highest BCUT2D eigenvalue weighted by Crippen LogP contribution is 2.25. The third-order valence-corrected chi connectivity index (χ3v) is 4.55.